The minimum Gasteiger partial charge on any atom is -0.313 e. The van der Waals surface area contributed by atoms with Crippen LogP contribution in [0.4, 0.5) is 6.01 Å². The highest BCUT2D eigenvalue weighted by atomic mass is 35.5. The smallest absolute Gasteiger partial charge is 0.313 e. The quantitative estimate of drug-likeness (QED) is 0.326. The van der Waals surface area contributed by atoms with Crippen LogP contribution in [0.5, 0.6) is 0 Å². The summed E-state index contributed by atoms with van der Waals surface area (Å²) < 4.78 is 6.78. The van der Waals surface area contributed by atoms with Gasteiger partial charge in [-0.25, -0.2) is 10.1 Å². The second-order valence-electron chi connectivity index (χ2n) is 7.04. The molecule has 10 heteroatoms. The molecule has 0 aliphatic carbocycles. The molecule has 1 amide bonds. The highest BCUT2D eigenvalue weighted by Gasteiger charge is 2.12. The van der Waals surface area contributed by atoms with E-state index in [0.717, 1.165) is 16.8 Å². The first-order chi connectivity index (χ1) is 15.5. The van der Waals surface area contributed by atoms with Crippen molar-refractivity contribution in [2.45, 2.75) is 20.4 Å². The molecule has 2 N–H and O–H groups in total. The van der Waals surface area contributed by atoms with Gasteiger partial charge in [0.05, 0.1) is 12.2 Å². The van der Waals surface area contributed by atoms with Crippen LogP contribution in [0, 0.1) is 13.8 Å². The maximum absolute atomic E-state index is 12.2. The molecular weight excluding hydrogens is 430 g/mol. The summed E-state index contributed by atoms with van der Waals surface area (Å²) in [4.78, 5) is 20.3. The molecule has 4 rings (SSSR count). The van der Waals surface area contributed by atoms with Crippen molar-refractivity contribution in [2.24, 2.45) is 0 Å². The van der Waals surface area contributed by atoms with E-state index in [4.69, 9.17) is 16.1 Å². The van der Waals surface area contributed by atoms with Crippen LogP contribution in [0.2, 0.25) is 5.15 Å². The second kappa shape index (κ2) is 9.44. The van der Waals surface area contributed by atoms with Gasteiger partial charge in [-0.15, -0.1) is 0 Å². The van der Waals surface area contributed by atoms with E-state index in [-0.39, 0.29) is 6.01 Å². The summed E-state index contributed by atoms with van der Waals surface area (Å²) in [6, 6.07) is 11.7. The summed E-state index contributed by atoms with van der Waals surface area (Å²) >= 11 is 6.49. The van der Waals surface area contributed by atoms with Crippen LogP contribution in [-0.2, 0) is 11.3 Å². The second-order valence-corrected chi connectivity index (χ2v) is 7.40. The van der Waals surface area contributed by atoms with Gasteiger partial charge in [-0.2, -0.15) is 10.1 Å². The molecule has 0 atom stereocenters. The number of pyridine rings is 1. The average Bonchev–Trinajstić information content (AvgIpc) is 3.38. The third kappa shape index (κ3) is 5.01. The van der Waals surface area contributed by atoms with Crippen molar-refractivity contribution in [1.29, 1.82) is 0 Å². The molecule has 3 heterocycles. The van der Waals surface area contributed by atoms with Crippen LogP contribution in [0.25, 0.3) is 17.5 Å². The molecule has 4 aromatic rings. The SMILES string of the molecule is Cc1ccc(Cn2nc(C)c(/C=C/C(=O)NNc3nc(-c4ccncc4)no3)c2Cl)cc1. The standard InChI is InChI=1S/C22H20ClN7O2/c1-14-3-5-16(6-4-14)13-30-20(23)18(15(2)28-30)7-8-19(31)26-27-22-25-21(29-32-22)17-9-11-24-12-10-17/h3-12H,13H2,1-2H3,(H,26,31)(H,25,27,29)/b8-7+. The Bertz CT molecular complexity index is 1250. The fraction of sp³-hybridized carbons (Fsp3) is 0.136. The van der Waals surface area contributed by atoms with Crippen LogP contribution < -0.4 is 10.9 Å². The van der Waals surface area contributed by atoms with Gasteiger partial charge in [0, 0.05) is 29.6 Å². The minimum absolute atomic E-state index is 0.0543. The Labute approximate surface area is 189 Å². The fourth-order valence-corrected chi connectivity index (χ4v) is 3.23. The van der Waals surface area contributed by atoms with E-state index >= 15 is 0 Å². The van der Waals surface area contributed by atoms with Gasteiger partial charge < -0.3 is 4.52 Å². The Morgan fingerprint density at radius 1 is 1.16 bits per heavy atom. The van der Waals surface area contributed by atoms with Crippen molar-refractivity contribution in [2.75, 3.05) is 5.43 Å². The third-order valence-corrected chi connectivity index (χ3v) is 5.02. The number of nitrogens with zero attached hydrogens (tertiary/aromatic N) is 5. The fourth-order valence-electron chi connectivity index (χ4n) is 2.94. The Morgan fingerprint density at radius 3 is 2.66 bits per heavy atom. The van der Waals surface area contributed by atoms with Gasteiger partial charge in [-0.05, 0) is 37.6 Å². The van der Waals surface area contributed by atoms with E-state index in [0.29, 0.717) is 23.1 Å². The summed E-state index contributed by atoms with van der Waals surface area (Å²) in [7, 11) is 0. The molecule has 0 unspecified atom stereocenters. The Balaban J connectivity index is 1.37. The first-order valence-corrected chi connectivity index (χ1v) is 10.1. The number of amides is 1. The topological polar surface area (TPSA) is 111 Å². The highest BCUT2D eigenvalue weighted by molar-refractivity contribution is 6.31. The molecule has 0 bridgehead atoms. The third-order valence-electron chi connectivity index (χ3n) is 4.62. The zero-order valence-electron chi connectivity index (χ0n) is 17.4. The summed E-state index contributed by atoms with van der Waals surface area (Å²) in [6.07, 6.45) is 6.21. The largest absolute Gasteiger partial charge is 0.340 e. The van der Waals surface area contributed by atoms with Crippen LogP contribution in [0.3, 0.4) is 0 Å². The van der Waals surface area contributed by atoms with Crippen molar-refractivity contribution < 1.29 is 9.32 Å². The van der Waals surface area contributed by atoms with E-state index in [2.05, 4.69) is 31.1 Å². The van der Waals surface area contributed by atoms with Crippen LogP contribution in [0.15, 0.2) is 59.4 Å². The van der Waals surface area contributed by atoms with Crippen LogP contribution in [0.1, 0.15) is 22.4 Å². The number of nitrogens with one attached hydrogen (secondary N) is 2. The molecule has 32 heavy (non-hydrogen) atoms. The average molecular weight is 450 g/mol. The number of anilines is 1. The number of carbonyl (C=O) groups is 1. The Morgan fingerprint density at radius 2 is 1.91 bits per heavy atom. The van der Waals surface area contributed by atoms with E-state index < -0.39 is 5.91 Å². The number of aryl methyl sites for hydroxylation is 2. The van der Waals surface area contributed by atoms with Crippen molar-refractivity contribution in [3.05, 3.63) is 82.4 Å². The van der Waals surface area contributed by atoms with Crippen LogP contribution >= 0.6 is 11.6 Å². The number of hydrazine groups is 1. The highest BCUT2D eigenvalue weighted by Crippen LogP contribution is 2.22. The van der Waals surface area contributed by atoms with E-state index in [1.165, 1.54) is 11.6 Å². The van der Waals surface area contributed by atoms with E-state index in [1.807, 2.05) is 38.1 Å². The van der Waals surface area contributed by atoms with Gasteiger partial charge in [0.1, 0.15) is 5.15 Å². The minimum atomic E-state index is -0.421. The number of hydrogen-bond donors (Lipinski definition) is 2. The number of carbonyl (C=O) groups excluding carboxylic acids is 1. The predicted molar refractivity (Wildman–Crippen MR) is 121 cm³/mol. The van der Waals surface area contributed by atoms with Crippen molar-refractivity contribution in [1.82, 2.24) is 30.3 Å². The maximum Gasteiger partial charge on any atom is 0.340 e. The zero-order valence-corrected chi connectivity index (χ0v) is 18.2. The monoisotopic (exact) mass is 449 g/mol. The number of aromatic nitrogens is 5. The molecule has 0 fully saturated rings. The van der Waals surface area contributed by atoms with Crippen molar-refractivity contribution in [3.63, 3.8) is 0 Å². The van der Waals surface area contributed by atoms with E-state index in [1.54, 1.807) is 35.3 Å². The number of hydrogen-bond acceptors (Lipinski definition) is 7. The van der Waals surface area contributed by atoms with Gasteiger partial charge in [0.25, 0.3) is 5.91 Å². The van der Waals surface area contributed by atoms with Gasteiger partial charge in [0.15, 0.2) is 0 Å². The van der Waals surface area contributed by atoms with Gasteiger partial charge in [-0.3, -0.25) is 15.2 Å². The Hall–Kier alpha value is -3.98. The molecule has 162 valence electrons. The lowest BCUT2D eigenvalue weighted by molar-refractivity contribution is -0.116. The normalized spacial score (nSPS) is 11.1. The molecule has 0 radical (unpaired) electrons. The summed E-state index contributed by atoms with van der Waals surface area (Å²) in [5.41, 5.74) is 9.47. The van der Waals surface area contributed by atoms with Gasteiger partial charge >= 0.3 is 6.01 Å². The lowest BCUT2D eigenvalue weighted by Crippen LogP contribution is -2.27. The maximum atomic E-state index is 12.2. The summed E-state index contributed by atoms with van der Waals surface area (Å²) in [6.45, 7) is 4.42. The van der Waals surface area contributed by atoms with Gasteiger partial charge in [-0.1, -0.05) is 46.6 Å². The molecule has 0 saturated carbocycles. The van der Waals surface area contributed by atoms with Crippen molar-refractivity contribution >= 4 is 29.6 Å². The van der Waals surface area contributed by atoms with Crippen molar-refractivity contribution in [3.8, 4) is 11.4 Å². The molecule has 0 spiro atoms. The first kappa shape index (κ1) is 21.3. The predicted octanol–water partition coefficient (Wildman–Crippen LogP) is 3.80. The molecule has 3 aromatic heterocycles. The first-order valence-electron chi connectivity index (χ1n) is 9.76. The molecule has 0 aliphatic rings. The summed E-state index contributed by atoms with van der Waals surface area (Å²) in [5.74, 6) is -0.0431. The molecular formula is C22H20ClN7O2. The summed E-state index contributed by atoms with van der Waals surface area (Å²) in [5, 5.41) is 8.79. The zero-order chi connectivity index (χ0) is 22.5. The lowest BCUT2D eigenvalue weighted by atomic mass is 10.1. The lowest BCUT2D eigenvalue weighted by Gasteiger charge is -2.04. The number of halogens is 1. The molecule has 0 saturated heterocycles. The van der Waals surface area contributed by atoms with E-state index in [9.17, 15) is 4.79 Å². The molecule has 9 nitrogen and oxygen atoms in total. The number of rotatable bonds is 7. The number of benzene rings is 1. The molecule has 1 aromatic carbocycles. The van der Waals surface area contributed by atoms with Crippen LogP contribution in [-0.4, -0.2) is 30.8 Å². The van der Waals surface area contributed by atoms with Gasteiger partial charge in [0.2, 0.25) is 5.82 Å². The Kier molecular flexibility index (Phi) is 6.27. The molecule has 0 aliphatic heterocycles.